The molecule has 1 aromatic heterocycles. The summed E-state index contributed by atoms with van der Waals surface area (Å²) in [7, 11) is 0. The highest BCUT2D eigenvalue weighted by Gasteiger charge is 2.26. The lowest BCUT2D eigenvalue weighted by molar-refractivity contribution is -0.123. The van der Waals surface area contributed by atoms with E-state index in [-0.39, 0.29) is 17.9 Å². The first-order valence-corrected chi connectivity index (χ1v) is 10.9. The van der Waals surface area contributed by atoms with E-state index >= 15 is 0 Å². The molecule has 1 saturated heterocycles. The monoisotopic (exact) mass is 411 g/mol. The van der Waals surface area contributed by atoms with Crippen LogP contribution in [0.15, 0.2) is 30.5 Å². The van der Waals surface area contributed by atoms with Crippen LogP contribution in [0.1, 0.15) is 48.8 Å². The first kappa shape index (κ1) is 22.0. The summed E-state index contributed by atoms with van der Waals surface area (Å²) in [4.78, 5) is 29.3. The van der Waals surface area contributed by atoms with Gasteiger partial charge in [-0.05, 0) is 38.8 Å². The average molecular weight is 412 g/mol. The van der Waals surface area contributed by atoms with Gasteiger partial charge < -0.3 is 10.2 Å². The van der Waals surface area contributed by atoms with Crippen molar-refractivity contribution in [1.82, 2.24) is 24.9 Å². The first-order valence-electron chi connectivity index (χ1n) is 10.9. The van der Waals surface area contributed by atoms with E-state index in [1.807, 2.05) is 35.6 Å². The van der Waals surface area contributed by atoms with E-state index in [0.29, 0.717) is 38.3 Å². The van der Waals surface area contributed by atoms with Gasteiger partial charge in [0.2, 0.25) is 5.91 Å². The Kier molecular flexibility index (Phi) is 7.26. The summed E-state index contributed by atoms with van der Waals surface area (Å²) >= 11 is 0. The van der Waals surface area contributed by atoms with E-state index in [1.54, 1.807) is 6.20 Å². The molecule has 7 heteroatoms. The maximum Gasteiger partial charge on any atom is 0.257 e. The first-order chi connectivity index (χ1) is 14.4. The van der Waals surface area contributed by atoms with Gasteiger partial charge in [0, 0.05) is 32.2 Å². The lowest BCUT2D eigenvalue weighted by Gasteiger charge is -2.34. The molecular formula is C23H33N5O2. The second kappa shape index (κ2) is 9.89. The Morgan fingerprint density at radius 1 is 1.10 bits per heavy atom. The number of carbonyl (C=O) groups excluding carboxylic acids is 2. The fourth-order valence-electron chi connectivity index (χ4n) is 3.71. The van der Waals surface area contributed by atoms with Crippen LogP contribution in [0, 0.1) is 6.92 Å². The van der Waals surface area contributed by atoms with Gasteiger partial charge >= 0.3 is 0 Å². The molecule has 1 aliphatic rings. The predicted octanol–water partition coefficient (Wildman–Crippen LogP) is 2.42. The van der Waals surface area contributed by atoms with Gasteiger partial charge in [-0.1, -0.05) is 31.5 Å². The summed E-state index contributed by atoms with van der Waals surface area (Å²) in [6.45, 7) is 11.2. The standard InChI is InChI=1S/C23H33N5O2/c1-5-18(4)25-22(29)16-26-11-13-27(14-12-26)23(30)20-15-24-28(21(20)6-2)19-9-7-17(3)8-10-19/h7-10,15,18H,5-6,11-14,16H2,1-4H3,(H,25,29). The van der Waals surface area contributed by atoms with E-state index in [4.69, 9.17) is 0 Å². The maximum absolute atomic E-state index is 13.2. The van der Waals surface area contributed by atoms with Gasteiger partial charge in [0.1, 0.15) is 0 Å². The third-order valence-electron chi connectivity index (χ3n) is 5.76. The molecule has 2 aromatic rings. The van der Waals surface area contributed by atoms with Crippen LogP contribution in [0.2, 0.25) is 0 Å². The van der Waals surface area contributed by atoms with Crippen molar-refractivity contribution in [1.29, 1.82) is 0 Å². The fraction of sp³-hybridized carbons (Fsp3) is 0.522. The molecule has 2 amide bonds. The molecule has 30 heavy (non-hydrogen) atoms. The Morgan fingerprint density at radius 3 is 2.37 bits per heavy atom. The van der Waals surface area contributed by atoms with E-state index in [2.05, 4.69) is 41.3 Å². The average Bonchev–Trinajstić information content (AvgIpc) is 3.18. The zero-order valence-corrected chi connectivity index (χ0v) is 18.5. The Morgan fingerprint density at radius 2 is 1.77 bits per heavy atom. The van der Waals surface area contributed by atoms with E-state index in [1.165, 1.54) is 5.56 Å². The summed E-state index contributed by atoms with van der Waals surface area (Å²) in [5.41, 5.74) is 3.75. The van der Waals surface area contributed by atoms with Gasteiger partial charge in [-0.2, -0.15) is 5.10 Å². The van der Waals surface area contributed by atoms with Gasteiger partial charge in [-0.3, -0.25) is 14.5 Å². The van der Waals surface area contributed by atoms with E-state index in [0.717, 1.165) is 24.2 Å². The SMILES string of the molecule is CCc1c(C(=O)N2CCN(CC(=O)NC(C)CC)CC2)cnn1-c1ccc(C)cc1. The fourth-order valence-corrected chi connectivity index (χ4v) is 3.71. The predicted molar refractivity (Wildman–Crippen MR) is 118 cm³/mol. The zero-order chi connectivity index (χ0) is 21.7. The van der Waals surface area contributed by atoms with Crippen LogP contribution in [-0.2, 0) is 11.2 Å². The number of benzene rings is 1. The molecule has 1 unspecified atom stereocenters. The minimum atomic E-state index is 0.0221. The summed E-state index contributed by atoms with van der Waals surface area (Å²) < 4.78 is 1.86. The van der Waals surface area contributed by atoms with Crippen molar-refractivity contribution in [2.45, 2.75) is 46.6 Å². The van der Waals surface area contributed by atoms with Gasteiger partial charge in [0.15, 0.2) is 0 Å². The molecule has 162 valence electrons. The number of nitrogens with zero attached hydrogens (tertiary/aromatic N) is 4. The largest absolute Gasteiger partial charge is 0.353 e. The minimum Gasteiger partial charge on any atom is -0.353 e. The van der Waals surface area contributed by atoms with Crippen molar-refractivity contribution in [2.24, 2.45) is 0 Å². The van der Waals surface area contributed by atoms with Gasteiger partial charge in [-0.15, -0.1) is 0 Å². The Labute approximate surface area is 179 Å². The highest BCUT2D eigenvalue weighted by molar-refractivity contribution is 5.95. The number of amides is 2. The quantitative estimate of drug-likeness (QED) is 0.760. The Bertz CT molecular complexity index is 866. The van der Waals surface area contributed by atoms with Crippen LogP contribution >= 0.6 is 0 Å². The third kappa shape index (κ3) is 5.08. The van der Waals surface area contributed by atoms with Crippen molar-refractivity contribution in [3.05, 3.63) is 47.3 Å². The molecule has 1 fully saturated rings. The van der Waals surface area contributed by atoms with E-state index in [9.17, 15) is 9.59 Å². The van der Waals surface area contributed by atoms with Gasteiger partial charge in [-0.25, -0.2) is 4.68 Å². The van der Waals surface area contributed by atoms with Crippen LogP contribution in [0.25, 0.3) is 5.69 Å². The molecule has 1 atom stereocenters. The molecule has 1 N–H and O–H groups in total. The number of aryl methyl sites for hydroxylation is 1. The van der Waals surface area contributed by atoms with Gasteiger partial charge in [0.05, 0.1) is 29.7 Å². The molecule has 0 radical (unpaired) electrons. The second-order valence-corrected chi connectivity index (χ2v) is 8.05. The molecule has 0 bridgehead atoms. The summed E-state index contributed by atoms with van der Waals surface area (Å²) in [5.74, 6) is 0.0747. The van der Waals surface area contributed by atoms with Crippen molar-refractivity contribution < 1.29 is 9.59 Å². The van der Waals surface area contributed by atoms with Crippen molar-refractivity contribution in [2.75, 3.05) is 32.7 Å². The van der Waals surface area contributed by atoms with E-state index < -0.39 is 0 Å². The van der Waals surface area contributed by atoms with Crippen LogP contribution in [0.5, 0.6) is 0 Å². The lowest BCUT2D eigenvalue weighted by atomic mass is 10.1. The smallest absolute Gasteiger partial charge is 0.257 e. The molecule has 0 aliphatic carbocycles. The number of aromatic nitrogens is 2. The second-order valence-electron chi connectivity index (χ2n) is 8.05. The molecule has 7 nitrogen and oxygen atoms in total. The van der Waals surface area contributed by atoms with Crippen molar-refractivity contribution in [3.63, 3.8) is 0 Å². The Balaban J connectivity index is 1.63. The number of piperazine rings is 1. The number of rotatable bonds is 7. The molecule has 1 aromatic carbocycles. The normalized spacial score (nSPS) is 15.8. The van der Waals surface area contributed by atoms with Crippen LogP contribution in [0.4, 0.5) is 0 Å². The highest BCUT2D eigenvalue weighted by Crippen LogP contribution is 2.19. The van der Waals surface area contributed by atoms with Crippen molar-refractivity contribution >= 4 is 11.8 Å². The lowest BCUT2D eigenvalue weighted by Crippen LogP contribution is -2.51. The van der Waals surface area contributed by atoms with Crippen LogP contribution in [0.3, 0.4) is 0 Å². The summed E-state index contributed by atoms with van der Waals surface area (Å²) in [6, 6.07) is 8.35. The van der Waals surface area contributed by atoms with Crippen LogP contribution < -0.4 is 5.32 Å². The molecular weight excluding hydrogens is 378 g/mol. The third-order valence-corrected chi connectivity index (χ3v) is 5.76. The number of nitrogens with one attached hydrogen (secondary N) is 1. The maximum atomic E-state index is 13.2. The Hall–Kier alpha value is -2.67. The molecule has 0 spiro atoms. The number of hydrogen-bond acceptors (Lipinski definition) is 4. The molecule has 3 rings (SSSR count). The minimum absolute atomic E-state index is 0.0221. The summed E-state index contributed by atoms with van der Waals surface area (Å²) in [6.07, 6.45) is 3.34. The van der Waals surface area contributed by atoms with Crippen LogP contribution in [-0.4, -0.2) is 70.2 Å². The molecule has 2 heterocycles. The summed E-state index contributed by atoms with van der Waals surface area (Å²) in [5, 5.41) is 7.50. The topological polar surface area (TPSA) is 70.5 Å². The molecule has 0 saturated carbocycles. The zero-order valence-electron chi connectivity index (χ0n) is 18.5. The molecule has 1 aliphatic heterocycles. The number of carbonyl (C=O) groups is 2. The van der Waals surface area contributed by atoms with Crippen molar-refractivity contribution in [3.8, 4) is 5.69 Å². The highest BCUT2D eigenvalue weighted by atomic mass is 16.2. The van der Waals surface area contributed by atoms with Gasteiger partial charge in [0.25, 0.3) is 5.91 Å². The number of hydrogen-bond donors (Lipinski definition) is 1.